The van der Waals surface area contributed by atoms with E-state index in [-0.39, 0.29) is 39.7 Å². The topological polar surface area (TPSA) is 137 Å². The number of hydrogen-bond acceptors (Lipinski definition) is 7. The first kappa shape index (κ1) is 27.0. The molecule has 1 aromatic carbocycles. The zero-order valence-corrected chi connectivity index (χ0v) is 21.6. The van der Waals surface area contributed by atoms with Gasteiger partial charge in [-0.3, -0.25) is 19.9 Å². The van der Waals surface area contributed by atoms with E-state index in [0.29, 0.717) is 17.7 Å². The molecule has 0 saturated heterocycles. The zero-order valence-electron chi connectivity index (χ0n) is 20.1. The van der Waals surface area contributed by atoms with Crippen molar-refractivity contribution in [3.8, 4) is 17.2 Å². The summed E-state index contributed by atoms with van der Waals surface area (Å²) in [6.45, 7) is 7.49. The van der Waals surface area contributed by atoms with E-state index < -0.39 is 23.2 Å². The van der Waals surface area contributed by atoms with Crippen molar-refractivity contribution < 1.29 is 14.3 Å². The Morgan fingerprint density at radius 3 is 2.44 bits per heavy atom. The van der Waals surface area contributed by atoms with Crippen LogP contribution in [-0.4, -0.2) is 32.0 Å². The number of aromatic nitrogens is 4. The van der Waals surface area contributed by atoms with Gasteiger partial charge in [-0.1, -0.05) is 36.5 Å². The number of carbonyl (C=O) groups excluding carboxylic acids is 1. The molecule has 3 aromatic rings. The van der Waals surface area contributed by atoms with Crippen LogP contribution in [0.15, 0.2) is 38.8 Å². The summed E-state index contributed by atoms with van der Waals surface area (Å²) in [6, 6.07) is 4.17. The van der Waals surface area contributed by atoms with E-state index in [4.69, 9.17) is 32.7 Å². The van der Waals surface area contributed by atoms with Crippen LogP contribution in [0.5, 0.6) is 11.5 Å². The van der Waals surface area contributed by atoms with E-state index in [9.17, 15) is 19.2 Å². The molecule has 0 bridgehead atoms. The molecule has 2 N–H and O–H groups in total. The second-order valence-electron chi connectivity index (χ2n) is 8.14. The van der Waals surface area contributed by atoms with Gasteiger partial charge in [0, 0.05) is 11.6 Å². The normalized spacial score (nSPS) is 11.0. The van der Waals surface area contributed by atoms with Gasteiger partial charge in [-0.2, -0.15) is 4.68 Å². The smallest absolute Gasteiger partial charge is 0.413 e. The lowest BCUT2D eigenvalue weighted by molar-refractivity contribution is 0.159. The quantitative estimate of drug-likeness (QED) is 0.405. The van der Waals surface area contributed by atoms with Gasteiger partial charge in [-0.15, -0.1) is 5.10 Å². The maximum atomic E-state index is 12.4. The summed E-state index contributed by atoms with van der Waals surface area (Å²) in [5.74, 6) is -0.0226. The Morgan fingerprint density at radius 2 is 1.83 bits per heavy atom. The number of carbonyl (C=O) groups is 1. The van der Waals surface area contributed by atoms with Crippen LogP contribution in [0.1, 0.15) is 45.2 Å². The molecule has 0 unspecified atom stereocenters. The Labute approximate surface area is 215 Å². The Balaban J connectivity index is 1.95. The minimum atomic E-state index is -0.906. The standard InChI is InChI=1S/C23H25Cl2N5O6/c1-5-6-7-35-23(34)26-19-20(31)27-22(33)30(28-19)14-9-16(24)18(17(25)10-14)36-15-8-13(4)21(32)29(11-15)12(2)3/h8-12H,5-7H2,1-4H3,(H,26,28,34)(H,27,31,33). The van der Waals surface area contributed by atoms with Gasteiger partial charge >= 0.3 is 11.8 Å². The molecule has 0 radical (unpaired) electrons. The van der Waals surface area contributed by atoms with E-state index in [2.05, 4.69) is 15.4 Å². The number of pyridine rings is 1. The lowest BCUT2D eigenvalue weighted by Crippen LogP contribution is -2.34. The summed E-state index contributed by atoms with van der Waals surface area (Å²) in [5, 5.41) is 6.19. The third-order valence-corrected chi connectivity index (χ3v) is 5.54. The molecule has 192 valence electrons. The monoisotopic (exact) mass is 537 g/mol. The van der Waals surface area contributed by atoms with Gasteiger partial charge in [0.2, 0.25) is 5.82 Å². The summed E-state index contributed by atoms with van der Waals surface area (Å²) in [6.07, 6.45) is 2.13. The van der Waals surface area contributed by atoms with Crippen LogP contribution in [0.2, 0.25) is 10.0 Å². The summed E-state index contributed by atoms with van der Waals surface area (Å²) < 4.78 is 13.2. The molecule has 0 fully saturated rings. The van der Waals surface area contributed by atoms with Gasteiger partial charge in [-0.05, 0) is 45.4 Å². The average molecular weight is 538 g/mol. The maximum Gasteiger partial charge on any atom is 0.413 e. The minimum absolute atomic E-state index is 0.0332. The number of hydrogen-bond donors (Lipinski definition) is 2. The van der Waals surface area contributed by atoms with Crippen molar-refractivity contribution in [2.75, 3.05) is 11.9 Å². The first-order valence-electron chi connectivity index (χ1n) is 11.1. The molecular formula is C23H25Cl2N5O6. The van der Waals surface area contributed by atoms with Crippen LogP contribution in [0.3, 0.4) is 0 Å². The zero-order chi connectivity index (χ0) is 26.6. The Morgan fingerprint density at radius 1 is 1.17 bits per heavy atom. The van der Waals surface area contributed by atoms with Crippen molar-refractivity contribution in [3.63, 3.8) is 0 Å². The average Bonchev–Trinajstić information content (AvgIpc) is 2.80. The number of unbranched alkanes of at least 4 members (excludes halogenated alkanes) is 1. The first-order chi connectivity index (χ1) is 17.0. The predicted molar refractivity (Wildman–Crippen MR) is 136 cm³/mol. The fraction of sp³-hybridized carbons (Fsp3) is 0.348. The van der Waals surface area contributed by atoms with E-state index in [1.807, 2.05) is 20.8 Å². The van der Waals surface area contributed by atoms with Crippen LogP contribution in [0.25, 0.3) is 5.69 Å². The van der Waals surface area contributed by atoms with Gasteiger partial charge in [-0.25, -0.2) is 9.59 Å². The van der Waals surface area contributed by atoms with Crippen LogP contribution in [0.4, 0.5) is 10.6 Å². The number of anilines is 1. The molecule has 0 aliphatic heterocycles. The fourth-order valence-electron chi connectivity index (χ4n) is 3.13. The summed E-state index contributed by atoms with van der Waals surface area (Å²) in [4.78, 5) is 50.8. The third-order valence-electron chi connectivity index (χ3n) is 4.98. The molecule has 1 amide bonds. The third kappa shape index (κ3) is 6.16. The SMILES string of the molecule is CCCCOC(=O)Nc1nn(-c2cc(Cl)c(Oc3cc(C)c(=O)n(C(C)C)c3)c(Cl)c2)c(=O)[nH]c1=O. The highest BCUT2D eigenvalue weighted by Crippen LogP contribution is 2.38. The fourth-order valence-corrected chi connectivity index (χ4v) is 3.69. The van der Waals surface area contributed by atoms with Crippen molar-refractivity contribution >= 4 is 35.1 Å². The second kappa shape index (κ2) is 11.4. The Kier molecular flexibility index (Phi) is 8.59. The van der Waals surface area contributed by atoms with Crippen LogP contribution >= 0.6 is 23.2 Å². The van der Waals surface area contributed by atoms with E-state index >= 15 is 0 Å². The molecule has 2 heterocycles. The summed E-state index contributed by atoms with van der Waals surface area (Å²) >= 11 is 12.8. The number of aromatic amines is 1. The largest absolute Gasteiger partial charge is 0.453 e. The van der Waals surface area contributed by atoms with Crippen molar-refractivity contribution in [2.45, 2.75) is 46.6 Å². The molecule has 0 atom stereocenters. The number of nitrogens with one attached hydrogen (secondary N) is 2. The van der Waals surface area contributed by atoms with Gasteiger partial charge in [0.25, 0.3) is 11.1 Å². The summed E-state index contributed by atoms with van der Waals surface area (Å²) in [7, 11) is 0. The second-order valence-corrected chi connectivity index (χ2v) is 8.95. The van der Waals surface area contributed by atoms with Crippen LogP contribution < -0.4 is 26.9 Å². The van der Waals surface area contributed by atoms with Crippen molar-refractivity contribution in [2.24, 2.45) is 0 Å². The van der Waals surface area contributed by atoms with Crippen LogP contribution in [-0.2, 0) is 4.74 Å². The number of halogens is 2. The number of benzene rings is 1. The van der Waals surface area contributed by atoms with Crippen molar-refractivity contribution in [3.05, 3.63) is 71.2 Å². The predicted octanol–water partition coefficient (Wildman–Crippen LogP) is 4.42. The molecule has 11 nitrogen and oxygen atoms in total. The highest BCUT2D eigenvalue weighted by atomic mass is 35.5. The van der Waals surface area contributed by atoms with Gasteiger partial charge in [0.15, 0.2) is 5.75 Å². The molecular weight excluding hydrogens is 513 g/mol. The number of rotatable bonds is 8. The highest BCUT2D eigenvalue weighted by Gasteiger charge is 2.17. The lowest BCUT2D eigenvalue weighted by Gasteiger charge is -2.16. The summed E-state index contributed by atoms with van der Waals surface area (Å²) in [5.41, 5.74) is -1.36. The molecule has 3 rings (SSSR count). The molecule has 2 aromatic heterocycles. The number of amides is 1. The van der Waals surface area contributed by atoms with E-state index in [0.717, 1.165) is 11.1 Å². The van der Waals surface area contributed by atoms with Crippen LogP contribution in [0, 0.1) is 6.92 Å². The molecule has 13 heteroatoms. The van der Waals surface area contributed by atoms with E-state index in [1.165, 1.54) is 16.7 Å². The Hall–Kier alpha value is -3.57. The molecule has 0 aliphatic carbocycles. The molecule has 0 spiro atoms. The van der Waals surface area contributed by atoms with Crippen molar-refractivity contribution in [1.82, 2.24) is 19.3 Å². The number of aryl methyl sites for hydroxylation is 1. The lowest BCUT2D eigenvalue weighted by atomic mass is 10.2. The van der Waals surface area contributed by atoms with E-state index in [1.54, 1.807) is 19.2 Å². The number of nitrogens with zero attached hydrogens (tertiary/aromatic N) is 3. The number of H-pyrrole nitrogens is 1. The maximum absolute atomic E-state index is 12.4. The number of ether oxygens (including phenoxy) is 2. The first-order valence-corrected chi connectivity index (χ1v) is 11.8. The minimum Gasteiger partial charge on any atom is -0.453 e. The van der Waals surface area contributed by atoms with Crippen molar-refractivity contribution in [1.29, 1.82) is 0 Å². The highest BCUT2D eigenvalue weighted by molar-refractivity contribution is 6.37. The molecule has 0 saturated carbocycles. The molecule has 0 aliphatic rings. The van der Waals surface area contributed by atoms with Gasteiger partial charge in [0.1, 0.15) is 5.75 Å². The Bertz CT molecular complexity index is 1440. The van der Waals surface area contributed by atoms with Gasteiger partial charge < -0.3 is 14.0 Å². The molecule has 36 heavy (non-hydrogen) atoms. The van der Waals surface area contributed by atoms with Gasteiger partial charge in [0.05, 0.1) is 28.5 Å².